The zero-order chi connectivity index (χ0) is 12.3. The van der Waals surface area contributed by atoms with Crippen LogP contribution in [0.4, 0.5) is 11.6 Å². The van der Waals surface area contributed by atoms with Crippen LogP contribution in [0.5, 0.6) is 0 Å². The molecule has 0 aliphatic carbocycles. The van der Waals surface area contributed by atoms with Crippen LogP contribution in [0.1, 0.15) is 32.5 Å². The maximum atomic E-state index is 5.45. The molecular formula is C12H21N5. The molecule has 3 N–H and O–H groups in total. The van der Waals surface area contributed by atoms with Crippen LogP contribution < -0.4 is 16.2 Å². The number of hydrazine groups is 1. The third-order valence-corrected chi connectivity index (χ3v) is 3.13. The molecule has 1 atom stereocenters. The first-order valence-corrected chi connectivity index (χ1v) is 6.32. The Morgan fingerprint density at radius 1 is 1.53 bits per heavy atom. The van der Waals surface area contributed by atoms with Crippen LogP contribution in [0.15, 0.2) is 6.07 Å². The predicted octanol–water partition coefficient (Wildman–Crippen LogP) is 1.56. The lowest BCUT2D eigenvalue weighted by Crippen LogP contribution is -2.22. The van der Waals surface area contributed by atoms with E-state index in [2.05, 4.69) is 34.1 Å². The second-order valence-corrected chi connectivity index (χ2v) is 4.76. The fourth-order valence-electron chi connectivity index (χ4n) is 2.20. The number of hydrogen-bond donors (Lipinski definition) is 2. The zero-order valence-corrected chi connectivity index (χ0v) is 10.6. The number of nitrogens with two attached hydrogens (primary N) is 1. The summed E-state index contributed by atoms with van der Waals surface area (Å²) < 4.78 is 0. The Hall–Kier alpha value is -1.36. The summed E-state index contributed by atoms with van der Waals surface area (Å²) in [6.45, 7) is 6.56. The topological polar surface area (TPSA) is 67.1 Å². The Morgan fingerprint density at radius 2 is 2.35 bits per heavy atom. The van der Waals surface area contributed by atoms with E-state index < -0.39 is 0 Å². The minimum Gasteiger partial charge on any atom is -0.356 e. The van der Waals surface area contributed by atoms with Gasteiger partial charge in [-0.3, -0.25) is 0 Å². The SMILES string of the molecule is CCCc1nc(NN)cc(N2CCC(C)C2)n1. The molecule has 1 aliphatic rings. The molecule has 5 nitrogen and oxygen atoms in total. The molecule has 0 amide bonds. The Morgan fingerprint density at radius 3 is 2.94 bits per heavy atom. The summed E-state index contributed by atoms with van der Waals surface area (Å²) in [5, 5.41) is 0. The Balaban J connectivity index is 2.23. The highest BCUT2D eigenvalue weighted by molar-refractivity contribution is 5.49. The van der Waals surface area contributed by atoms with E-state index in [1.54, 1.807) is 0 Å². The van der Waals surface area contributed by atoms with Gasteiger partial charge >= 0.3 is 0 Å². The van der Waals surface area contributed by atoms with E-state index in [4.69, 9.17) is 5.84 Å². The lowest BCUT2D eigenvalue weighted by Gasteiger charge is -2.18. The van der Waals surface area contributed by atoms with Crippen molar-refractivity contribution in [1.29, 1.82) is 0 Å². The summed E-state index contributed by atoms with van der Waals surface area (Å²) >= 11 is 0. The van der Waals surface area contributed by atoms with Gasteiger partial charge in [-0.2, -0.15) is 0 Å². The van der Waals surface area contributed by atoms with Crippen LogP contribution in [0, 0.1) is 5.92 Å². The van der Waals surface area contributed by atoms with Gasteiger partial charge in [-0.25, -0.2) is 15.8 Å². The fraction of sp³-hybridized carbons (Fsp3) is 0.667. The van der Waals surface area contributed by atoms with Crippen molar-refractivity contribution in [1.82, 2.24) is 9.97 Å². The summed E-state index contributed by atoms with van der Waals surface area (Å²) in [4.78, 5) is 11.3. The number of aryl methyl sites for hydroxylation is 1. The van der Waals surface area contributed by atoms with Crippen molar-refractivity contribution in [2.45, 2.75) is 33.1 Å². The van der Waals surface area contributed by atoms with Crippen LogP contribution in [-0.4, -0.2) is 23.1 Å². The number of anilines is 2. The van der Waals surface area contributed by atoms with E-state index >= 15 is 0 Å². The second kappa shape index (κ2) is 5.31. The van der Waals surface area contributed by atoms with Crippen LogP contribution in [0.25, 0.3) is 0 Å². The average molecular weight is 235 g/mol. The number of rotatable bonds is 4. The first-order valence-electron chi connectivity index (χ1n) is 6.32. The van der Waals surface area contributed by atoms with Gasteiger partial charge < -0.3 is 10.3 Å². The summed E-state index contributed by atoms with van der Waals surface area (Å²) in [5.41, 5.74) is 2.62. The van der Waals surface area contributed by atoms with Crippen LogP contribution in [-0.2, 0) is 6.42 Å². The highest BCUT2D eigenvalue weighted by atomic mass is 15.3. The van der Waals surface area contributed by atoms with Crippen molar-refractivity contribution in [3.63, 3.8) is 0 Å². The van der Waals surface area contributed by atoms with Crippen LogP contribution in [0.3, 0.4) is 0 Å². The Kier molecular flexibility index (Phi) is 3.78. The average Bonchev–Trinajstić information content (AvgIpc) is 2.76. The molecular weight excluding hydrogens is 214 g/mol. The number of nitrogens with zero attached hydrogens (tertiary/aromatic N) is 3. The van der Waals surface area contributed by atoms with Crippen molar-refractivity contribution >= 4 is 11.6 Å². The van der Waals surface area contributed by atoms with Crippen molar-refractivity contribution in [2.75, 3.05) is 23.4 Å². The van der Waals surface area contributed by atoms with Crippen LogP contribution in [0.2, 0.25) is 0 Å². The summed E-state index contributed by atoms with van der Waals surface area (Å²) in [5.74, 6) is 8.78. The smallest absolute Gasteiger partial charge is 0.145 e. The molecule has 1 aliphatic heterocycles. The maximum Gasteiger partial charge on any atom is 0.145 e. The summed E-state index contributed by atoms with van der Waals surface area (Å²) in [6.07, 6.45) is 3.17. The van der Waals surface area contributed by atoms with E-state index in [0.717, 1.165) is 43.5 Å². The molecule has 2 heterocycles. The molecule has 0 spiro atoms. The molecule has 1 saturated heterocycles. The standard InChI is InChI=1S/C12H21N5/c1-3-4-10-14-11(16-13)7-12(15-10)17-6-5-9(2)8-17/h7,9H,3-6,8,13H2,1-2H3,(H,14,15,16). The number of nitrogens with one attached hydrogen (secondary N) is 1. The van der Waals surface area contributed by atoms with E-state index in [9.17, 15) is 0 Å². The maximum absolute atomic E-state index is 5.45. The highest BCUT2D eigenvalue weighted by Gasteiger charge is 2.20. The van der Waals surface area contributed by atoms with Gasteiger partial charge in [0.15, 0.2) is 0 Å². The molecule has 0 aromatic carbocycles. The van der Waals surface area contributed by atoms with Gasteiger partial charge in [0.2, 0.25) is 0 Å². The highest BCUT2D eigenvalue weighted by Crippen LogP contribution is 2.23. The largest absolute Gasteiger partial charge is 0.356 e. The second-order valence-electron chi connectivity index (χ2n) is 4.76. The first kappa shape index (κ1) is 12.1. The molecule has 0 radical (unpaired) electrons. The van der Waals surface area contributed by atoms with Crippen molar-refractivity contribution in [2.24, 2.45) is 11.8 Å². The van der Waals surface area contributed by atoms with Gasteiger partial charge in [0.05, 0.1) is 0 Å². The summed E-state index contributed by atoms with van der Waals surface area (Å²) in [7, 11) is 0. The first-order chi connectivity index (χ1) is 8.22. The number of hydrogen-bond acceptors (Lipinski definition) is 5. The normalized spacial score (nSPS) is 19.7. The molecule has 0 bridgehead atoms. The molecule has 1 aromatic heterocycles. The van der Waals surface area contributed by atoms with Gasteiger partial charge in [0, 0.05) is 25.6 Å². The Bertz CT molecular complexity index is 379. The molecule has 5 heteroatoms. The molecule has 94 valence electrons. The van der Waals surface area contributed by atoms with E-state index in [1.807, 2.05) is 6.07 Å². The molecule has 17 heavy (non-hydrogen) atoms. The quantitative estimate of drug-likeness (QED) is 0.612. The third kappa shape index (κ3) is 2.85. The van der Waals surface area contributed by atoms with Gasteiger partial charge in [0.25, 0.3) is 0 Å². The number of nitrogen functional groups attached to an aromatic ring is 1. The minimum absolute atomic E-state index is 0.706. The lowest BCUT2D eigenvalue weighted by molar-refractivity contribution is 0.658. The predicted molar refractivity (Wildman–Crippen MR) is 69.8 cm³/mol. The van der Waals surface area contributed by atoms with Crippen molar-refractivity contribution in [3.05, 3.63) is 11.9 Å². The van der Waals surface area contributed by atoms with Crippen molar-refractivity contribution in [3.8, 4) is 0 Å². The Labute approximate surface area is 102 Å². The van der Waals surface area contributed by atoms with Crippen LogP contribution >= 0.6 is 0 Å². The molecule has 0 saturated carbocycles. The molecule has 2 rings (SSSR count). The van der Waals surface area contributed by atoms with Gasteiger partial charge in [0.1, 0.15) is 17.5 Å². The van der Waals surface area contributed by atoms with E-state index in [1.165, 1.54) is 6.42 Å². The van der Waals surface area contributed by atoms with E-state index in [-0.39, 0.29) is 0 Å². The molecule has 1 aromatic rings. The van der Waals surface area contributed by atoms with Gasteiger partial charge in [-0.05, 0) is 18.8 Å². The minimum atomic E-state index is 0.706. The third-order valence-electron chi connectivity index (χ3n) is 3.13. The zero-order valence-electron chi connectivity index (χ0n) is 10.6. The molecule has 1 fully saturated rings. The van der Waals surface area contributed by atoms with E-state index in [0.29, 0.717) is 5.82 Å². The molecule has 1 unspecified atom stereocenters. The van der Waals surface area contributed by atoms with Gasteiger partial charge in [-0.1, -0.05) is 13.8 Å². The van der Waals surface area contributed by atoms with Gasteiger partial charge in [-0.15, -0.1) is 0 Å². The van der Waals surface area contributed by atoms with Crippen molar-refractivity contribution < 1.29 is 0 Å². The fourth-order valence-corrected chi connectivity index (χ4v) is 2.20. The monoisotopic (exact) mass is 235 g/mol. The number of aromatic nitrogens is 2. The lowest BCUT2D eigenvalue weighted by atomic mass is 10.2. The summed E-state index contributed by atoms with van der Waals surface area (Å²) in [6, 6.07) is 1.93.